The predicted octanol–water partition coefficient (Wildman–Crippen LogP) is -0.292. The number of nitrogens with zero attached hydrogens (tertiary/aromatic N) is 3. The Labute approximate surface area is 77.0 Å². The van der Waals surface area contributed by atoms with Crippen LogP contribution in [0.25, 0.3) is 0 Å². The SMILES string of the molecule is CN1CCC(=NNC(=O)C#N)CC1. The first-order valence-corrected chi connectivity index (χ1v) is 4.16. The molecule has 0 atom stereocenters. The predicted molar refractivity (Wildman–Crippen MR) is 47.9 cm³/mol. The lowest BCUT2D eigenvalue weighted by Gasteiger charge is -2.22. The minimum Gasteiger partial charge on any atom is -0.306 e. The van der Waals surface area contributed by atoms with Gasteiger partial charge in [0.2, 0.25) is 0 Å². The van der Waals surface area contributed by atoms with Gasteiger partial charge in [0.05, 0.1) is 0 Å². The molecule has 0 spiro atoms. The lowest BCUT2D eigenvalue weighted by atomic mass is 10.1. The highest BCUT2D eigenvalue weighted by molar-refractivity contribution is 5.93. The molecule has 1 aliphatic rings. The summed E-state index contributed by atoms with van der Waals surface area (Å²) in [6.07, 6.45) is 1.73. The molecule has 1 N–H and O–H groups in total. The summed E-state index contributed by atoms with van der Waals surface area (Å²) >= 11 is 0. The monoisotopic (exact) mass is 180 g/mol. The lowest BCUT2D eigenvalue weighted by molar-refractivity contribution is -0.115. The second-order valence-electron chi connectivity index (χ2n) is 3.03. The average Bonchev–Trinajstić information content (AvgIpc) is 2.16. The summed E-state index contributed by atoms with van der Waals surface area (Å²) in [6, 6.07) is 1.45. The molecular formula is C8H12N4O. The number of carbonyl (C=O) groups excluding carboxylic acids is 1. The summed E-state index contributed by atoms with van der Waals surface area (Å²) in [5.41, 5.74) is 3.15. The van der Waals surface area contributed by atoms with Gasteiger partial charge in [0, 0.05) is 31.6 Å². The number of nitriles is 1. The second kappa shape index (κ2) is 4.58. The van der Waals surface area contributed by atoms with E-state index in [0.717, 1.165) is 31.6 Å². The number of piperidine rings is 1. The van der Waals surface area contributed by atoms with Gasteiger partial charge in [-0.3, -0.25) is 4.79 Å². The van der Waals surface area contributed by atoms with Crippen LogP contribution in [0.3, 0.4) is 0 Å². The van der Waals surface area contributed by atoms with Crippen LogP contribution in [0.4, 0.5) is 0 Å². The Kier molecular flexibility index (Phi) is 3.41. The molecular weight excluding hydrogens is 168 g/mol. The van der Waals surface area contributed by atoms with E-state index in [2.05, 4.69) is 15.4 Å². The van der Waals surface area contributed by atoms with E-state index in [-0.39, 0.29) is 0 Å². The highest BCUT2D eigenvalue weighted by Crippen LogP contribution is 2.03. The molecule has 0 aromatic carbocycles. The van der Waals surface area contributed by atoms with E-state index >= 15 is 0 Å². The third-order valence-corrected chi connectivity index (χ3v) is 1.98. The van der Waals surface area contributed by atoms with Gasteiger partial charge in [-0.15, -0.1) is 0 Å². The maximum absolute atomic E-state index is 10.5. The smallest absolute Gasteiger partial charge is 0.306 e. The van der Waals surface area contributed by atoms with E-state index in [1.165, 1.54) is 6.07 Å². The zero-order valence-corrected chi connectivity index (χ0v) is 7.58. The molecule has 1 rings (SSSR count). The summed E-state index contributed by atoms with van der Waals surface area (Å²) in [4.78, 5) is 12.7. The Bertz CT molecular complexity index is 256. The van der Waals surface area contributed by atoms with Crippen LogP contribution in [0.1, 0.15) is 12.8 Å². The van der Waals surface area contributed by atoms with Crippen LogP contribution in [0, 0.1) is 11.3 Å². The molecule has 0 saturated carbocycles. The van der Waals surface area contributed by atoms with Crippen molar-refractivity contribution in [1.82, 2.24) is 10.3 Å². The Balaban J connectivity index is 2.36. The molecule has 1 heterocycles. The fourth-order valence-electron chi connectivity index (χ4n) is 1.14. The normalized spacial score (nSPS) is 17.7. The molecule has 0 aromatic rings. The van der Waals surface area contributed by atoms with E-state index in [0.29, 0.717) is 0 Å². The van der Waals surface area contributed by atoms with Crippen molar-refractivity contribution >= 4 is 11.6 Å². The fourth-order valence-corrected chi connectivity index (χ4v) is 1.14. The standard InChI is InChI=1S/C8H12N4O/c1-12-4-2-7(3-5-12)10-11-8(13)6-9/h2-5H2,1H3,(H,11,13). The van der Waals surface area contributed by atoms with E-state index in [4.69, 9.17) is 5.26 Å². The van der Waals surface area contributed by atoms with Crippen molar-refractivity contribution in [2.45, 2.75) is 12.8 Å². The molecule has 1 amide bonds. The Morgan fingerprint density at radius 2 is 2.23 bits per heavy atom. The Morgan fingerprint density at radius 1 is 1.62 bits per heavy atom. The maximum atomic E-state index is 10.5. The summed E-state index contributed by atoms with van der Waals surface area (Å²) in [7, 11) is 2.05. The first-order valence-electron chi connectivity index (χ1n) is 4.16. The molecule has 0 radical (unpaired) electrons. The van der Waals surface area contributed by atoms with Crippen LogP contribution in [-0.2, 0) is 4.79 Å². The highest BCUT2D eigenvalue weighted by Gasteiger charge is 2.11. The first kappa shape index (κ1) is 9.68. The molecule has 1 saturated heterocycles. The van der Waals surface area contributed by atoms with Gasteiger partial charge < -0.3 is 4.90 Å². The van der Waals surface area contributed by atoms with Gasteiger partial charge in [-0.25, -0.2) is 5.43 Å². The largest absolute Gasteiger partial charge is 0.342 e. The summed E-state index contributed by atoms with van der Waals surface area (Å²) < 4.78 is 0. The molecule has 5 nitrogen and oxygen atoms in total. The zero-order valence-electron chi connectivity index (χ0n) is 7.58. The van der Waals surface area contributed by atoms with E-state index in [1.807, 2.05) is 7.05 Å². The van der Waals surface area contributed by atoms with Crippen molar-refractivity contribution in [1.29, 1.82) is 5.26 Å². The summed E-state index contributed by atoms with van der Waals surface area (Å²) in [6.45, 7) is 1.92. The molecule has 70 valence electrons. The number of carbonyl (C=O) groups is 1. The molecule has 0 aliphatic carbocycles. The second-order valence-corrected chi connectivity index (χ2v) is 3.03. The summed E-state index contributed by atoms with van der Waals surface area (Å²) in [5, 5.41) is 12.0. The number of hydrogen-bond donors (Lipinski definition) is 1. The fraction of sp³-hybridized carbons (Fsp3) is 0.625. The van der Waals surface area contributed by atoms with Gasteiger partial charge in [0.15, 0.2) is 6.07 Å². The van der Waals surface area contributed by atoms with E-state index < -0.39 is 5.91 Å². The third-order valence-electron chi connectivity index (χ3n) is 1.98. The van der Waals surface area contributed by atoms with Gasteiger partial charge in [-0.05, 0) is 7.05 Å². The van der Waals surface area contributed by atoms with Crippen LogP contribution in [-0.4, -0.2) is 36.7 Å². The number of hydrazone groups is 1. The van der Waals surface area contributed by atoms with Crippen molar-refractivity contribution in [3.63, 3.8) is 0 Å². The van der Waals surface area contributed by atoms with E-state index in [1.54, 1.807) is 0 Å². The maximum Gasteiger partial charge on any atom is 0.342 e. The van der Waals surface area contributed by atoms with E-state index in [9.17, 15) is 4.79 Å². The van der Waals surface area contributed by atoms with Gasteiger partial charge in [0.25, 0.3) is 0 Å². The number of nitrogens with one attached hydrogen (secondary N) is 1. The van der Waals surface area contributed by atoms with Gasteiger partial charge >= 0.3 is 5.91 Å². The minimum atomic E-state index is -0.702. The molecule has 13 heavy (non-hydrogen) atoms. The molecule has 0 unspecified atom stereocenters. The lowest BCUT2D eigenvalue weighted by Crippen LogP contribution is -2.31. The van der Waals surface area contributed by atoms with Crippen LogP contribution >= 0.6 is 0 Å². The van der Waals surface area contributed by atoms with Crippen LogP contribution in [0.15, 0.2) is 5.10 Å². The number of hydrogen-bond acceptors (Lipinski definition) is 4. The quantitative estimate of drug-likeness (QED) is 0.445. The van der Waals surface area contributed by atoms with Crippen molar-refractivity contribution in [3.05, 3.63) is 0 Å². The van der Waals surface area contributed by atoms with Crippen molar-refractivity contribution in [3.8, 4) is 6.07 Å². The number of rotatable bonds is 1. The van der Waals surface area contributed by atoms with Crippen molar-refractivity contribution in [2.24, 2.45) is 5.10 Å². The molecule has 0 aromatic heterocycles. The highest BCUT2D eigenvalue weighted by atomic mass is 16.2. The van der Waals surface area contributed by atoms with Gasteiger partial charge in [0.1, 0.15) is 0 Å². The van der Waals surface area contributed by atoms with Crippen LogP contribution in [0.5, 0.6) is 0 Å². The summed E-state index contributed by atoms with van der Waals surface area (Å²) in [5.74, 6) is -0.702. The first-order chi connectivity index (χ1) is 6.22. The van der Waals surface area contributed by atoms with Crippen molar-refractivity contribution in [2.75, 3.05) is 20.1 Å². The molecule has 1 fully saturated rings. The van der Waals surface area contributed by atoms with Crippen LogP contribution < -0.4 is 5.43 Å². The molecule has 0 bridgehead atoms. The van der Waals surface area contributed by atoms with Gasteiger partial charge in [-0.2, -0.15) is 10.4 Å². The zero-order chi connectivity index (χ0) is 9.68. The van der Waals surface area contributed by atoms with Crippen molar-refractivity contribution < 1.29 is 4.79 Å². The number of likely N-dealkylation sites (tertiary alicyclic amines) is 1. The molecule has 5 heteroatoms. The van der Waals surface area contributed by atoms with Crippen LogP contribution in [0.2, 0.25) is 0 Å². The van der Waals surface area contributed by atoms with Gasteiger partial charge in [-0.1, -0.05) is 0 Å². The minimum absolute atomic E-state index is 0.702. The third kappa shape index (κ3) is 3.22. The molecule has 1 aliphatic heterocycles. The Hall–Kier alpha value is -1.41. The Morgan fingerprint density at radius 3 is 2.77 bits per heavy atom. The topological polar surface area (TPSA) is 68.5 Å². The number of amides is 1. The average molecular weight is 180 g/mol.